The number of carboxylic acids is 2. The zero-order valence-corrected chi connectivity index (χ0v) is 33.6. The van der Waals surface area contributed by atoms with E-state index in [-0.39, 0.29) is 47.1 Å². The van der Waals surface area contributed by atoms with Crippen LogP contribution >= 0.6 is 11.6 Å². The average Bonchev–Trinajstić information content (AvgIpc) is 3.65. The molecule has 0 saturated carbocycles. The van der Waals surface area contributed by atoms with Crippen LogP contribution in [0.25, 0.3) is 5.57 Å². The topological polar surface area (TPSA) is 185 Å². The van der Waals surface area contributed by atoms with Crippen molar-refractivity contribution in [2.75, 3.05) is 45.7 Å². The SMILES string of the molecule is CC(CO)(NCc1cc(Cl)c(OCC2(OCCCN3CC[C@@H](C(=O)O)C3)C=CC=C(c3ccccc3)C2(C)C)cc1OCc1cncc(S(C)(=O)=O)c1)C(=O)O. The highest BCUT2D eigenvalue weighted by atomic mass is 35.5. The fourth-order valence-corrected chi connectivity index (χ4v) is 7.70. The summed E-state index contributed by atoms with van der Waals surface area (Å²) in [6.45, 7) is 7.06. The molecule has 1 fully saturated rings. The molecule has 1 aromatic heterocycles. The van der Waals surface area contributed by atoms with E-state index in [9.17, 15) is 33.3 Å². The van der Waals surface area contributed by atoms with Gasteiger partial charge in [-0.1, -0.05) is 67.9 Å². The van der Waals surface area contributed by atoms with Gasteiger partial charge >= 0.3 is 11.9 Å². The molecule has 1 aliphatic heterocycles. The van der Waals surface area contributed by atoms with E-state index in [0.717, 1.165) is 23.9 Å². The van der Waals surface area contributed by atoms with Crippen LogP contribution < -0.4 is 14.8 Å². The number of hydrogen-bond donors (Lipinski definition) is 4. The molecule has 15 heteroatoms. The van der Waals surface area contributed by atoms with Crippen molar-refractivity contribution >= 4 is 38.9 Å². The van der Waals surface area contributed by atoms with Crippen molar-refractivity contribution in [1.82, 2.24) is 15.2 Å². The largest absolute Gasteiger partial charge is 0.488 e. The number of sulfone groups is 1. The Morgan fingerprint density at radius 1 is 1.09 bits per heavy atom. The summed E-state index contributed by atoms with van der Waals surface area (Å²) >= 11 is 6.86. The summed E-state index contributed by atoms with van der Waals surface area (Å²) in [7, 11) is -3.53. The number of aliphatic hydroxyl groups is 1. The number of ether oxygens (including phenoxy) is 3. The third-order valence-corrected chi connectivity index (χ3v) is 12.0. The van der Waals surface area contributed by atoms with Gasteiger partial charge in [0.05, 0.1) is 22.4 Å². The Bertz CT molecular complexity index is 2060. The first-order chi connectivity index (χ1) is 26.5. The number of carboxylic acid groups (broad SMARTS) is 2. The van der Waals surface area contributed by atoms with Crippen LogP contribution in [-0.4, -0.2) is 102 Å². The van der Waals surface area contributed by atoms with Crippen LogP contribution in [0.1, 0.15) is 50.3 Å². The van der Waals surface area contributed by atoms with Crippen molar-refractivity contribution < 1.29 is 47.5 Å². The molecule has 2 unspecified atom stereocenters. The minimum Gasteiger partial charge on any atom is -0.488 e. The Morgan fingerprint density at radius 3 is 2.50 bits per heavy atom. The van der Waals surface area contributed by atoms with Gasteiger partial charge in [-0.2, -0.15) is 0 Å². The smallest absolute Gasteiger partial charge is 0.326 e. The summed E-state index contributed by atoms with van der Waals surface area (Å²) in [5.41, 5.74) is -0.267. The summed E-state index contributed by atoms with van der Waals surface area (Å²) < 4.78 is 43.9. The van der Waals surface area contributed by atoms with Crippen molar-refractivity contribution in [3.05, 3.63) is 101 Å². The maximum Gasteiger partial charge on any atom is 0.326 e. The van der Waals surface area contributed by atoms with Crippen LogP contribution in [0, 0.1) is 11.3 Å². The molecule has 4 N–H and O–H groups in total. The van der Waals surface area contributed by atoms with Gasteiger partial charge in [-0.25, -0.2) is 8.42 Å². The molecule has 302 valence electrons. The van der Waals surface area contributed by atoms with E-state index in [1.807, 2.05) is 42.5 Å². The molecule has 2 aromatic carbocycles. The normalized spacial score (nSPS) is 20.6. The Hall–Kier alpha value is -4.31. The molecular formula is C41H50ClN3O10S. The molecule has 0 bridgehead atoms. The molecule has 1 saturated heterocycles. The lowest BCUT2D eigenvalue weighted by Gasteiger charge is -2.47. The van der Waals surface area contributed by atoms with Gasteiger partial charge in [-0.05, 0) is 55.7 Å². The molecule has 2 aliphatic rings. The molecular weight excluding hydrogens is 762 g/mol. The lowest BCUT2D eigenvalue weighted by atomic mass is 9.65. The number of aliphatic carboxylic acids is 2. The summed E-state index contributed by atoms with van der Waals surface area (Å²) in [5.74, 6) is -1.85. The number of pyridine rings is 1. The summed E-state index contributed by atoms with van der Waals surface area (Å²) in [6, 6.07) is 14.7. The first kappa shape index (κ1) is 42.8. The van der Waals surface area contributed by atoms with Crippen molar-refractivity contribution in [3.8, 4) is 11.5 Å². The van der Waals surface area contributed by atoms with Crippen molar-refractivity contribution in [2.24, 2.45) is 11.3 Å². The minimum absolute atomic E-state index is 0.0306. The van der Waals surface area contributed by atoms with Crippen LogP contribution in [0.5, 0.6) is 11.5 Å². The number of aliphatic hydroxyl groups excluding tert-OH is 1. The van der Waals surface area contributed by atoms with Crippen molar-refractivity contribution in [1.29, 1.82) is 0 Å². The van der Waals surface area contributed by atoms with Gasteiger partial charge in [0.1, 0.15) is 35.9 Å². The number of allylic oxidation sites excluding steroid dienone is 2. The Morgan fingerprint density at radius 2 is 1.84 bits per heavy atom. The fourth-order valence-electron chi connectivity index (χ4n) is 6.84. The van der Waals surface area contributed by atoms with Crippen LogP contribution in [0.4, 0.5) is 0 Å². The van der Waals surface area contributed by atoms with E-state index < -0.39 is 44.9 Å². The van der Waals surface area contributed by atoms with Gasteiger partial charge in [0.2, 0.25) is 0 Å². The third kappa shape index (κ3) is 9.97. The van der Waals surface area contributed by atoms with Gasteiger partial charge in [-0.3, -0.25) is 19.9 Å². The first-order valence-corrected chi connectivity index (χ1v) is 20.6. The minimum atomic E-state index is -3.53. The fraction of sp³-hybridized carbons (Fsp3) is 0.439. The number of benzene rings is 2. The van der Waals surface area contributed by atoms with E-state index in [4.69, 9.17) is 25.8 Å². The molecule has 1 aliphatic carbocycles. The summed E-state index contributed by atoms with van der Waals surface area (Å²) in [5, 5.41) is 32.1. The molecule has 0 spiro atoms. The van der Waals surface area contributed by atoms with E-state index in [1.165, 1.54) is 25.4 Å². The van der Waals surface area contributed by atoms with E-state index >= 15 is 0 Å². The van der Waals surface area contributed by atoms with Gasteiger partial charge in [-0.15, -0.1) is 0 Å². The summed E-state index contributed by atoms with van der Waals surface area (Å²) in [4.78, 5) is 29.7. The Labute approximate surface area is 332 Å². The number of nitrogens with zero attached hydrogens (tertiary/aromatic N) is 2. The predicted octanol–water partition coefficient (Wildman–Crippen LogP) is 5.25. The zero-order valence-electron chi connectivity index (χ0n) is 32.0. The standard InChI is InChI=1S/C41H50ClN3O10S/c1-39(2)33(29-10-6-5-7-11-29)12-8-14-41(39,55-17-9-15-45-16-13-30(24-45)37(47)48)27-54-36-20-35(53-25-28-18-32(23-43-21-28)56(4,51)52)31(19-34(36)42)22-44-40(3,26-46)38(49)50/h5-8,10-12,14,18-21,23,30,44,46H,9,13,15-17,22,24-27H2,1-4H3,(H,47,48)(H,49,50)/t30-,40?,41?/m1/s1. The van der Waals surface area contributed by atoms with E-state index in [0.29, 0.717) is 43.7 Å². The van der Waals surface area contributed by atoms with E-state index in [2.05, 4.69) is 35.1 Å². The molecule has 0 radical (unpaired) electrons. The van der Waals surface area contributed by atoms with Crippen molar-refractivity contribution in [2.45, 2.75) is 62.8 Å². The lowest BCUT2D eigenvalue weighted by Crippen LogP contribution is -2.52. The van der Waals surface area contributed by atoms with Gasteiger partial charge in [0.25, 0.3) is 0 Å². The number of carbonyl (C=O) groups is 2. The van der Waals surface area contributed by atoms with Crippen LogP contribution in [0.3, 0.4) is 0 Å². The second kappa shape index (κ2) is 17.9. The Balaban J connectivity index is 1.43. The Kier molecular flexibility index (Phi) is 13.7. The number of halogens is 1. The molecule has 56 heavy (non-hydrogen) atoms. The molecule has 3 atom stereocenters. The molecule has 0 amide bonds. The predicted molar refractivity (Wildman–Crippen MR) is 211 cm³/mol. The molecule has 5 rings (SSSR count). The van der Waals surface area contributed by atoms with E-state index in [1.54, 1.807) is 12.1 Å². The molecule has 13 nitrogen and oxygen atoms in total. The lowest BCUT2D eigenvalue weighted by molar-refractivity contribution is -0.146. The molecule has 3 aromatic rings. The van der Waals surface area contributed by atoms with Crippen LogP contribution in [0.2, 0.25) is 5.02 Å². The highest BCUT2D eigenvalue weighted by Gasteiger charge is 2.49. The maximum absolute atomic E-state index is 12.2. The summed E-state index contributed by atoms with van der Waals surface area (Å²) in [6.07, 6.45) is 11.1. The number of nitrogens with one attached hydrogen (secondary N) is 1. The van der Waals surface area contributed by atoms with Gasteiger partial charge in [0.15, 0.2) is 9.84 Å². The number of aromatic nitrogens is 1. The van der Waals surface area contributed by atoms with Crippen molar-refractivity contribution in [3.63, 3.8) is 0 Å². The third-order valence-electron chi connectivity index (χ3n) is 10.7. The molecule has 2 heterocycles. The second-order valence-electron chi connectivity index (χ2n) is 15.1. The average molecular weight is 812 g/mol. The van der Waals surface area contributed by atoms with Crippen LogP contribution in [0.15, 0.2) is 84.0 Å². The monoisotopic (exact) mass is 811 g/mol. The highest BCUT2D eigenvalue weighted by Crippen LogP contribution is 2.49. The first-order valence-electron chi connectivity index (χ1n) is 18.3. The number of hydrogen-bond acceptors (Lipinski definition) is 11. The number of likely N-dealkylation sites (tertiary alicyclic amines) is 1. The highest BCUT2D eigenvalue weighted by molar-refractivity contribution is 7.90. The quantitative estimate of drug-likeness (QED) is 0.115. The van der Waals surface area contributed by atoms with Gasteiger partial charge in [0, 0.05) is 67.5 Å². The maximum atomic E-state index is 12.2. The number of rotatable bonds is 19. The zero-order chi connectivity index (χ0) is 40.7. The van der Waals surface area contributed by atoms with Gasteiger partial charge < -0.3 is 34.4 Å². The van der Waals surface area contributed by atoms with Crippen LogP contribution in [-0.2, 0) is 37.3 Å². The second-order valence-corrected chi connectivity index (χ2v) is 17.5.